The van der Waals surface area contributed by atoms with Gasteiger partial charge in [0.25, 0.3) is 0 Å². The minimum Gasteiger partial charge on any atom is -0.494 e. The molecule has 25 heavy (non-hydrogen) atoms. The monoisotopic (exact) mass is 340 g/mol. The third-order valence-electron chi connectivity index (χ3n) is 3.67. The van der Waals surface area contributed by atoms with Gasteiger partial charge in [-0.3, -0.25) is 4.79 Å². The van der Waals surface area contributed by atoms with Crippen molar-refractivity contribution in [2.75, 3.05) is 20.3 Å². The van der Waals surface area contributed by atoms with Gasteiger partial charge in [-0.1, -0.05) is 24.3 Å². The first-order valence-corrected chi connectivity index (χ1v) is 8.35. The van der Waals surface area contributed by atoms with Crippen molar-refractivity contribution < 1.29 is 19.0 Å². The molecule has 2 rings (SSSR count). The van der Waals surface area contributed by atoms with E-state index in [1.54, 1.807) is 19.2 Å². The quantitative estimate of drug-likeness (QED) is 0.344. The Labute approximate surface area is 149 Å². The summed E-state index contributed by atoms with van der Waals surface area (Å²) in [7, 11) is 1.64. The van der Waals surface area contributed by atoms with Gasteiger partial charge in [0, 0.05) is 5.56 Å². The zero-order valence-corrected chi connectivity index (χ0v) is 14.6. The lowest BCUT2D eigenvalue weighted by molar-refractivity contribution is 0.112. The Hall–Kier alpha value is -2.75. The van der Waals surface area contributed by atoms with E-state index in [4.69, 9.17) is 14.2 Å². The van der Waals surface area contributed by atoms with Gasteiger partial charge in [-0.2, -0.15) is 0 Å². The number of hydrogen-bond acceptors (Lipinski definition) is 4. The molecule has 0 saturated heterocycles. The summed E-state index contributed by atoms with van der Waals surface area (Å²) >= 11 is 0. The maximum Gasteiger partial charge on any atom is 0.161 e. The van der Waals surface area contributed by atoms with Crippen molar-refractivity contribution in [3.05, 3.63) is 66.2 Å². The average molecular weight is 340 g/mol. The zero-order valence-electron chi connectivity index (χ0n) is 14.6. The molecular weight excluding hydrogens is 316 g/mol. The molecule has 0 bridgehead atoms. The highest BCUT2D eigenvalue weighted by Crippen LogP contribution is 2.28. The number of carbonyl (C=O) groups is 1. The molecule has 0 fully saturated rings. The van der Waals surface area contributed by atoms with E-state index in [9.17, 15) is 4.79 Å². The number of allylic oxidation sites excluding steroid dienone is 1. The van der Waals surface area contributed by atoms with Crippen molar-refractivity contribution >= 4 is 6.29 Å². The van der Waals surface area contributed by atoms with Crippen molar-refractivity contribution in [2.24, 2.45) is 0 Å². The summed E-state index contributed by atoms with van der Waals surface area (Å²) in [6, 6.07) is 13.1. The Morgan fingerprint density at radius 2 is 1.80 bits per heavy atom. The minimum atomic E-state index is 0.584. The molecule has 0 aliphatic carbocycles. The number of carbonyl (C=O) groups excluding carboxylic acids is 1. The van der Waals surface area contributed by atoms with Gasteiger partial charge >= 0.3 is 0 Å². The number of aldehydes is 1. The molecule has 2 aromatic rings. The fourth-order valence-corrected chi connectivity index (χ4v) is 2.38. The molecule has 0 spiro atoms. The highest BCUT2D eigenvalue weighted by Gasteiger charge is 2.05. The van der Waals surface area contributed by atoms with Gasteiger partial charge < -0.3 is 14.2 Å². The van der Waals surface area contributed by atoms with Gasteiger partial charge in [0.15, 0.2) is 11.5 Å². The van der Waals surface area contributed by atoms with Crippen LogP contribution in [-0.4, -0.2) is 26.6 Å². The number of unbranched alkanes of at least 4 members (excludes halogenated alkanes) is 1. The first-order chi connectivity index (χ1) is 12.3. The molecule has 0 heterocycles. The maximum absolute atomic E-state index is 10.7. The Morgan fingerprint density at radius 1 is 1.00 bits per heavy atom. The van der Waals surface area contributed by atoms with Crippen LogP contribution in [0.4, 0.5) is 0 Å². The SMILES string of the molecule is C=CCc1ccc(OCCCCOc2cccc(C=O)c2)c(OC)c1. The van der Waals surface area contributed by atoms with Gasteiger partial charge in [0.2, 0.25) is 0 Å². The second-order valence-electron chi connectivity index (χ2n) is 5.57. The molecule has 2 aromatic carbocycles. The summed E-state index contributed by atoms with van der Waals surface area (Å²) in [6.07, 6.45) is 5.21. The molecule has 0 aliphatic rings. The number of ether oxygens (including phenoxy) is 3. The van der Waals surface area contributed by atoms with E-state index < -0.39 is 0 Å². The van der Waals surface area contributed by atoms with Crippen LogP contribution in [0, 0.1) is 0 Å². The van der Waals surface area contributed by atoms with Crippen LogP contribution in [0.2, 0.25) is 0 Å². The van der Waals surface area contributed by atoms with Crippen molar-refractivity contribution in [2.45, 2.75) is 19.3 Å². The fourth-order valence-electron chi connectivity index (χ4n) is 2.38. The molecule has 0 aliphatic heterocycles. The lowest BCUT2D eigenvalue weighted by Gasteiger charge is -2.12. The Morgan fingerprint density at radius 3 is 2.52 bits per heavy atom. The van der Waals surface area contributed by atoms with Crippen LogP contribution in [0.1, 0.15) is 28.8 Å². The predicted molar refractivity (Wildman–Crippen MR) is 98.9 cm³/mol. The first-order valence-electron chi connectivity index (χ1n) is 8.35. The summed E-state index contributed by atoms with van der Waals surface area (Å²) in [6.45, 7) is 4.92. The molecule has 4 nitrogen and oxygen atoms in total. The van der Waals surface area contributed by atoms with Gasteiger partial charge in [0.1, 0.15) is 12.0 Å². The molecular formula is C21H24O4. The third-order valence-corrected chi connectivity index (χ3v) is 3.67. The lowest BCUT2D eigenvalue weighted by Crippen LogP contribution is -2.03. The normalized spacial score (nSPS) is 10.1. The van der Waals surface area contributed by atoms with Crippen LogP contribution in [0.15, 0.2) is 55.1 Å². The highest BCUT2D eigenvalue weighted by atomic mass is 16.5. The van der Waals surface area contributed by atoms with Crippen LogP contribution in [-0.2, 0) is 6.42 Å². The molecule has 4 heteroatoms. The molecule has 0 radical (unpaired) electrons. The first kappa shape index (κ1) is 18.6. The summed E-state index contributed by atoms with van der Waals surface area (Å²) in [5.41, 5.74) is 1.76. The van der Waals surface area contributed by atoms with E-state index >= 15 is 0 Å². The molecule has 0 amide bonds. The summed E-state index contributed by atoms with van der Waals surface area (Å²) in [5, 5.41) is 0. The second kappa shape index (κ2) is 10.2. The van der Waals surface area contributed by atoms with E-state index in [0.29, 0.717) is 24.5 Å². The molecule has 0 aromatic heterocycles. The Balaban J connectivity index is 1.72. The van der Waals surface area contributed by atoms with Crippen LogP contribution in [0.25, 0.3) is 0 Å². The molecule has 0 unspecified atom stereocenters. The zero-order chi connectivity index (χ0) is 17.9. The van der Waals surface area contributed by atoms with Gasteiger partial charge in [-0.15, -0.1) is 6.58 Å². The van der Waals surface area contributed by atoms with Gasteiger partial charge in [-0.25, -0.2) is 0 Å². The van der Waals surface area contributed by atoms with E-state index in [1.807, 2.05) is 36.4 Å². The fraction of sp³-hybridized carbons (Fsp3) is 0.286. The van der Waals surface area contributed by atoms with Crippen molar-refractivity contribution in [1.82, 2.24) is 0 Å². The topological polar surface area (TPSA) is 44.8 Å². The average Bonchev–Trinajstić information content (AvgIpc) is 2.65. The Bertz CT molecular complexity index is 694. The second-order valence-corrected chi connectivity index (χ2v) is 5.57. The van der Waals surface area contributed by atoms with Crippen molar-refractivity contribution in [3.63, 3.8) is 0 Å². The number of methoxy groups -OCH3 is 1. The number of hydrogen-bond donors (Lipinski definition) is 0. The standard InChI is InChI=1S/C21H24O4/c1-3-7-17-10-11-20(21(15-17)23-2)25-13-5-4-12-24-19-9-6-8-18(14-19)16-22/h3,6,8-11,14-16H,1,4-5,7,12-13H2,2H3. The van der Waals surface area contributed by atoms with Crippen LogP contribution in [0.5, 0.6) is 17.2 Å². The number of benzene rings is 2. The molecule has 0 N–H and O–H groups in total. The third kappa shape index (κ3) is 5.99. The largest absolute Gasteiger partial charge is 0.494 e. The van der Waals surface area contributed by atoms with Gasteiger partial charge in [0.05, 0.1) is 20.3 Å². The summed E-state index contributed by atoms with van der Waals surface area (Å²) in [4.78, 5) is 10.7. The van der Waals surface area contributed by atoms with Crippen LogP contribution < -0.4 is 14.2 Å². The van der Waals surface area contributed by atoms with Crippen molar-refractivity contribution in [3.8, 4) is 17.2 Å². The van der Waals surface area contributed by atoms with Crippen LogP contribution >= 0.6 is 0 Å². The van der Waals surface area contributed by atoms with Gasteiger partial charge in [-0.05, 0) is 49.1 Å². The van der Waals surface area contributed by atoms with Crippen molar-refractivity contribution in [1.29, 1.82) is 0 Å². The maximum atomic E-state index is 10.7. The van der Waals surface area contributed by atoms with E-state index in [0.717, 1.165) is 42.6 Å². The number of rotatable bonds is 11. The predicted octanol–water partition coefficient (Wildman–Crippen LogP) is 4.47. The Kier molecular flexibility index (Phi) is 7.57. The minimum absolute atomic E-state index is 0.584. The summed E-state index contributed by atoms with van der Waals surface area (Å²) < 4.78 is 16.8. The van der Waals surface area contributed by atoms with E-state index in [-0.39, 0.29) is 0 Å². The molecule has 0 atom stereocenters. The van der Waals surface area contributed by atoms with Crippen LogP contribution in [0.3, 0.4) is 0 Å². The van der Waals surface area contributed by atoms with E-state index in [2.05, 4.69) is 6.58 Å². The highest BCUT2D eigenvalue weighted by molar-refractivity contribution is 5.75. The van der Waals surface area contributed by atoms with E-state index in [1.165, 1.54) is 0 Å². The smallest absolute Gasteiger partial charge is 0.161 e. The molecule has 132 valence electrons. The molecule has 0 saturated carbocycles. The summed E-state index contributed by atoms with van der Waals surface area (Å²) in [5.74, 6) is 2.20. The lowest BCUT2D eigenvalue weighted by atomic mass is 10.1.